The zero-order valence-electron chi connectivity index (χ0n) is 6.66. The zero-order valence-corrected chi connectivity index (χ0v) is 8.82. The van der Waals surface area contributed by atoms with Crippen LogP contribution in [0.1, 0.15) is 5.69 Å². The van der Waals surface area contributed by atoms with Crippen molar-refractivity contribution >= 4 is 33.8 Å². The van der Waals surface area contributed by atoms with Gasteiger partial charge in [0.05, 0.1) is 5.39 Å². The molecule has 1 aromatic heterocycles. The summed E-state index contributed by atoms with van der Waals surface area (Å²) in [6.07, 6.45) is 1.83. The van der Waals surface area contributed by atoms with E-state index in [0.29, 0.717) is 0 Å². The molecular weight excluding hydrogens is 263 g/mol. The summed E-state index contributed by atoms with van der Waals surface area (Å²) in [5.74, 6) is 0. The molecule has 1 aromatic carbocycles. The molecule has 0 spiro atoms. The Bertz CT molecular complexity index is 426. The number of aromatic nitrogens is 2. The van der Waals surface area contributed by atoms with E-state index in [2.05, 4.69) is 40.8 Å². The summed E-state index contributed by atoms with van der Waals surface area (Å²) in [5.41, 5.74) is 2.30. The molecule has 2 rings (SSSR count). The summed E-state index contributed by atoms with van der Waals surface area (Å²) >= 11 is 2.23. The summed E-state index contributed by atoms with van der Waals surface area (Å²) in [6, 6.07) is 8.16. The number of fused-ring (bicyclic) bond motifs is 1. The predicted octanol–water partition coefficient (Wildman–Crippen LogP) is 2.03. The van der Waals surface area contributed by atoms with Crippen LogP contribution < -0.4 is 2.78 Å². The van der Waals surface area contributed by atoms with Gasteiger partial charge < -0.3 is 0 Å². The second-order valence-corrected chi connectivity index (χ2v) is 3.70. The summed E-state index contributed by atoms with van der Waals surface area (Å²) in [6.45, 7) is 2.09. The first-order valence-corrected chi connectivity index (χ1v) is 4.67. The Balaban J connectivity index is 2.91. The van der Waals surface area contributed by atoms with Crippen LogP contribution in [-0.4, -0.2) is 4.98 Å². The minimum atomic E-state index is 1.06. The molecule has 60 valence electrons. The summed E-state index contributed by atoms with van der Waals surface area (Å²) in [5, 5.41) is 1.22. The van der Waals surface area contributed by atoms with Crippen LogP contribution in [0, 0.1) is 6.92 Å². The van der Waals surface area contributed by atoms with E-state index in [9.17, 15) is 0 Å². The van der Waals surface area contributed by atoms with Crippen molar-refractivity contribution in [1.82, 2.24) is 4.98 Å². The van der Waals surface area contributed by atoms with E-state index in [0.717, 1.165) is 5.52 Å². The molecular formula is C9H8IN2+. The van der Waals surface area contributed by atoms with Crippen molar-refractivity contribution in [3.63, 3.8) is 0 Å². The summed E-state index contributed by atoms with van der Waals surface area (Å²) in [4.78, 5) is 4.30. The van der Waals surface area contributed by atoms with E-state index in [1.165, 1.54) is 11.1 Å². The van der Waals surface area contributed by atoms with Crippen LogP contribution in [0.4, 0.5) is 0 Å². The maximum atomic E-state index is 4.30. The maximum absolute atomic E-state index is 4.30. The van der Waals surface area contributed by atoms with Gasteiger partial charge in [-0.3, -0.25) is 0 Å². The number of aryl methyl sites for hydroxylation is 1. The van der Waals surface area contributed by atoms with E-state index in [1.54, 1.807) is 0 Å². The maximum Gasteiger partial charge on any atom is 0.295 e. The number of para-hydroxylation sites is 1. The lowest BCUT2D eigenvalue weighted by Gasteiger charge is -1.95. The molecule has 0 saturated heterocycles. The van der Waals surface area contributed by atoms with Gasteiger partial charge in [-0.15, -0.1) is 0 Å². The van der Waals surface area contributed by atoms with E-state index < -0.39 is 0 Å². The van der Waals surface area contributed by atoms with Crippen LogP contribution in [0.3, 0.4) is 0 Å². The van der Waals surface area contributed by atoms with Gasteiger partial charge >= 0.3 is 0 Å². The number of halogens is 1. The lowest BCUT2D eigenvalue weighted by molar-refractivity contribution is -0.451. The first kappa shape index (κ1) is 7.91. The van der Waals surface area contributed by atoms with Gasteiger partial charge in [0.1, 0.15) is 5.69 Å². The molecule has 3 heteroatoms. The number of hydrogen-bond donors (Lipinski definition) is 0. The van der Waals surface area contributed by atoms with Crippen molar-refractivity contribution in [3.8, 4) is 0 Å². The van der Waals surface area contributed by atoms with Crippen LogP contribution in [0.5, 0.6) is 0 Å². The summed E-state index contributed by atoms with van der Waals surface area (Å²) < 4.78 is 2.00. The van der Waals surface area contributed by atoms with Crippen LogP contribution in [0.15, 0.2) is 30.6 Å². The summed E-state index contributed by atoms with van der Waals surface area (Å²) in [7, 11) is 0. The van der Waals surface area contributed by atoms with Crippen molar-refractivity contribution in [2.24, 2.45) is 0 Å². The molecule has 2 nitrogen and oxygen atoms in total. The Morgan fingerprint density at radius 1 is 1.33 bits per heavy atom. The molecule has 0 amide bonds. The van der Waals surface area contributed by atoms with Gasteiger partial charge in [0.2, 0.25) is 22.9 Å². The molecule has 0 aliphatic carbocycles. The zero-order chi connectivity index (χ0) is 8.55. The van der Waals surface area contributed by atoms with E-state index in [1.807, 2.05) is 27.3 Å². The van der Waals surface area contributed by atoms with E-state index in [-0.39, 0.29) is 0 Å². The SMILES string of the molecule is Cc1c2ccccc2nc[n+]1I. The molecule has 1 heterocycles. The number of nitrogens with zero attached hydrogens (tertiary/aromatic N) is 2. The molecule has 0 atom stereocenters. The Kier molecular flexibility index (Phi) is 1.96. The fraction of sp³-hybridized carbons (Fsp3) is 0.111. The fourth-order valence-corrected chi connectivity index (χ4v) is 1.59. The molecule has 0 N–H and O–H groups in total. The first-order valence-electron chi connectivity index (χ1n) is 3.71. The normalized spacial score (nSPS) is 10.5. The van der Waals surface area contributed by atoms with Crippen LogP contribution >= 0.6 is 22.9 Å². The minimum absolute atomic E-state index is 1.06. The lowest BCUT2D eigenvalue weighted by atomic mass is 10.2. The Morgan fingerprint density at radius 2 is 2.08 bits per heavy atom. The number of hydrogen-bond acceptors (Lipinski definition) is 1. The predicted molar refractivity (Wildman–Crippen MR) is 56.1 cm³/mol. The molecule has 2 aromatic rings. The molecule has 0 fully saturated rings. The Hall–Kier alpha value is -0.710. The number of benzene rings is 1. The van der Waals surface area contributed by atoms with Gasteiger partial charge in [0.15, 0.2) is 5.52 Å². The Morgan fingerprint density at radius 3 is 2.92 bits per heavy atom. The van der Waals surface area contributed by atoms with Gasteiger partial charge in [-0.25, -0.2) is 0 Å². The second-order valence-electron chi connectivity index (χ2n) is 2.66. The molecule has 0 bridgehead atoms. The molecule has 0 radical (unpaired) electrons. The van der Waals surface area contributed by atoms with E-state index >= 15 is 0 Å². The topological polar surface area (TPSA) is 16.8 Å². The first-order chi connectivity index (χ1) is 5.79. The average molecular weight is 271 g/mol. The monoisotopic (exact) mass is 271 g/mol. The third-order valence-corrected chi connectivity index (χ3v) is 2.89. The third-order valence-electron chi connectivity index (χ3n) is 1.91. The van der Waals surface area contributed by atoms with Crippen LogP contribution in [0.25, 0.3) is 10.9 Å². The molecule has 0 unspecified atom stereocenters. The van der Waals surface area contributed by atoms with Crippen molar-refractivity contribution in [2.45, 2.75) is 6.92 Å². The quantitative estimate of drug-likeness (QED) is 0.670. The molecule has 0 aliphatic heterocycles. The van der Waals surface area contributed by atoms with Crippen LogP contribution in [0.2, 0.25) is 0 Å². The van der Waals surface area contributed by atoms with Crippen molar-refractivity contribution in [1.29, 1.82) is 0 Å². The van der Waals surface area contributed by atoms with Crippen molar-refractivity contribution in [3.05, 3.63) is 36.3 Å². The van der Waals surface area contributed by atoms with Gasteiger partial charge in [-0.05, 0) is 24.0 Å². The van der Waals surface area contributed by atoms with Crippen molar-refractivity contribution in [2.75, 3.05) is 0 Å². The van der Waals surface area contributed by atoms with Crippen molar-refractivity contribution < 1.29 is 2.78 Å². The Labute approximate surface area is 84.7 Å². The van der Waals surface area contributed by atoms with E-state index in [4.69, 9.17) is 0 Å². The van der Waals surface area contributed by atoms with Gasteiger partial charge in [-0.1, -0.05) is 12.1 Å². The number of rotatable bonds is 0. The molecule has 0 saturated carbocycles. The third kappa shape index (κ3) is 1.18. The fourth-order valence-electron chi connectivity index (χ4n) is 1.21. The van der Waals surface area contributed by atoms with Gasteiger partial charge in [0, 0.05) is 0 Å². The van der Waals surface area contributed by atoms with Gasteiger partial charge in [-0.2, -0.15) is 2.78 Å². The highest BCUT2D eigenvalue weighted by Crippen LogP contribution is 2.11. The highest BCUT2D eigenvalue weighted by atomic mass is 127. The second kappa shape index (κ2) is 2.97. The average Bonchev–Trinajstić information content (AvgIpc) is 2.12. The minimum Gasteiger partial charge on any atom is -0.173 e. The highest BCUT2D eigenvalue weighted by molar-refractivity contribution is 14.1. The standard InChI is InChI=1S/C9H8IN2/c1-7-8-4-2-3-5-9(8)11-6-12(7)10/h2-6H,1H3/q+1. The smallest absolute Gasteiger partial charge is 0.173 e. The molecule has 12 heavy (non-hydrogen) atoms. The van der Waals surface area contributed by atoms with Gasteiger partial charge in [0.25, 0.3) is 6.33 Å². The largest absolute Gasteiger partial charge is 0.295 e. The lowest BCUT2D eigenvalue weighted by Crippen LogP contribution is -2.23. The van der Waals surface area contributed by atoms with Crippen LogP contribution in [-0.2, 0) is 0 Å². The molecule has 0 aliphatic rings. The highest BCUT2D eigenvalue weighted by Gasteiger charge is 2.07.